The Morgan fingerprint density at radius 3 is 2.14 bits per heavy atom. The number of nitrogen functional groups attached to an aromatic ring is 1. The fourth-order valence-electron chi connectivity index (χ4n) is 5.31. The number of benzene rings is 4. The fourth-order valence-corrected chi connectivity index (χ4v) is 5.52. The molecular weight excluding hydrogens is 538 g/mol. The standard InChI is InChI=1S/C34H19N7S/c35-16-19-6-8-22(9-7-19)33-27-15-26(21-4-2-1-3-5-21)34(41-42)32(39)31(27)25-11-10-23(14-29(25)40-33)30-24(18-37)12-20(17-36)13-28(30)38/h1-15,39,42H,38H2. The molecular formula is C34H19N7S. The molecule has 7 nitrogen and oxygen atoms in total. The van der Waals surface area contributed by atoms with Crippen molar-refractivity contribution in [1.82, 2.24) is 4.98 Å². The molecule has 196 valence electrons. The quantitative estimate of drug-likeness (QED) is 0.162. The van der Waals surface area contributed by atoms with Crippen molar-refractivity contribution in [2.45, 2.75) is 0 Å². The first-order valence-corrected chi connectivity index (χ1v) is 13.2. The first-order valence-electron chi connectivity index (χ1n) is 12.8. The number of hydrogen-bond donors (Lipinski definition) is 3. The van der Waals surface area contributed by atoms with Crippen LogP contribution in [0.25, 0.3) is 44.9 Å². The van der Waals surface area contributed by atoms with Gasteiger partial charge in [-0.3, -0.25) is 5.41 Å². The molecule has 0 unspecified atom stereocenters. The third-order valence-electron chi connectivity index (χ3n) is 7.23. The van der Waals surface area contributed by atoms with E-state index in [4.69, 9.17) is 10.7 Å². The van der Waals surface area contributed by atoms with Crippen molar-refractivity contribution in [3.05, 3.63) is 118 Å². The van der Waals surface area contributed by atoms with Gasteiger partial charge in [-0.1, -0.05) is 54.6 Å². The highest BCUT2D eigenvalue weighted by Crippen LogP contribution is 2.40. The second-order valence-electron chi connectivity index (χ2n) is 9.63. The lowest BCUT2D eigenvalue weighted by molar-refractivity contribution is 1.36. The molecule has 0 atom stereocenters. The largest absolute Gasteiger partial charge is 0.398 e. The molecule has 1 aliphatic rings. The molecule has 1 aromatic heterocycles. The third-order valence-corrected chi connectivity index (χ3v) is 7.43. The van der Waals surface area contributed by atoms with E-state index in [-0.39, 0.29) is 11.3 Å². The van der Waals surface area contributed by atoms with Crippen molar-refractivity contribution in [2.24, 2.45) is 4.40 Å². The fraction of sp³-hybridized carbons (Fsp3) is 0. The highest BCUT2D eigenvalue weighted by atomic mass is 32.1. The number of anilines is 1. The maximum atomic E-state index is 9.83. The predicted octanol–water partition coefficient (Wildman–Crippen LogP) is 6.97. The summed E-state index contributed by atoms with van der Waals surface area (Å²) >= 11 is 4.24. The maximum Gasteiger partial charge on any atom is 0.104 e. The SMILES string of the molecule is N#Cc1ccc(-c2nc3cc(-c4c(N)cc(C#N)cc4C#N)ccc3c3c2C=C(c2ccccc2)C(=NS)C3=N)cc1. The lowest BCUT2D eigenvalue weighted by Gasteiger charge is -2.24. The Labute approximate surface area is 247 Å². The topological polar surface area (TPSA) is 146 Å². The normalized spacial score (nSPS) is 13.1. The van der Waals surface area contributed by atoms with Crippen LogP contribution in [0, 0.1) is 39.4 Å². The summed E-state index contributed by atoms with van der Waals surface area (Å²) < 4.78 is 4.22. The summed E-state index contributed by atoms with van der Waals surface area (Å²) in [6.07, 6.45) is 1.98. The molecule has 5 aromatic rings. The second kappa shape index (κ2) is 10.5. The molecule has 0 saturated carbocycles. The molecule has 0 amide bonds. The minimum Gasteiger partial charge on any atom is -0.398 e. The highest BCUT2D eigenvalue weighted by Gasteiger charge is 2.29. The molecule has 0 spiro atoms. The number of aromatic nitrogens is 1. The number of nitrogens with zero attached hydrogens (tertiary/aromatic N) is 5. The number of nitrogens with two attached hydrogens (primary N) is 1. The molecule has 3 N–H and O–H groups in total. The zero-order valence-electron chi connectivity index (χ0n) is 21.9. The van der Waals surface area contributed by atoms with Gasteiger partial charge in [-0.25, -0.2) is 9.38 Å². The molecule has 6 rings (SSSR count). The smallest absolute Gasteiger partial charge is 0.104 e. The van der Waals surface area contributed by atoms with Crippen LogP contribution in [0.2, 0.25) is 0 Å². The van der Waals surface area contributed by atoms with E-state index in [1.807, 2.05) is 72.8 Å². The zero-order chi connectivity index (χ0) is 29.4. The van der Waals surface area contributed by atoms with Crippen LogP contribution >= 0.6 is 12.8 Å². The Balaban J connectivity index is 1.68. The first kappa shape index (κ1) is 26.2. The highest BCUT2D eigenvalue weighted by molar-refractivity contribution is 7.79. The predicted molar refractivity (Wildman–Crippen MR) is 169 cm³/mol. The van der Waals surface area contributed by atoms with Gasteiger partial charge in [-0.15, -0.1) is 0 Å². The molecule has 8 heteroatoms. The van der Waals surface area contributed by atoms with E-state index in [9.17, 15) is 21.2 Å². The minimum atomic E-state index is 0.201. The average molecular weight is 558 g/mol. The summed E-state index contributed by atoms with van der Waals surface area (Å²) in [6, 6.07) is 31.8. The number of nitriles is 3. The van der Waals surface area contributed by atoms with E-state index in [0.29, 0.717) is 50.4 Å². The van der Waals surface area contributed by atoms with Gasteiger partial charge in [0.1, 0.15) is 5.71 Å². The van der Waals surface area contributed by atoms with Crippen molar-refractivity contribution in [3.63, 3.8) is 0 Å². The Morgan fingerprint density at radius 2 is 1.48 bits per heavy atom. The summed E-state index contributed by atoms with van der Waals surface area (Å²) in [5, 5.41) is 38.5. The number of thiol groups is 1. The summed E-state index contributed by atoms with van der Waals surface area (Å²) in [5.41, 5.74) is 14.6. The summed E-state index contributed by atoms with van der Waals surface area (Å²) in [4.78, 5) is 5.07. The van der Waals surface area contributed by atoms with Crippen molar-refractivity contribution in [1.29, 1.82) is 21.2 Å². The molecule has 1 heterocycles. The van der Waals surface area contributed by atoms with Gasteiger partial charge in [0.15, 0.2) is 0 Å². The molecule has 0 bridgehead atoms. The van der Waals surface area contributed by atoms with Crippen LogP contribution in [-0.4, -0.2) is 16.4 Å². The zero-order valence-corrected chi connectivity index (χ0v) is 22.8. The van der Waals surface area contributed by atoms with Crippen molar-refractivity contribution >= 4 is 52.5 Å². The third kappa shape index (κ3) is 4.28. The lowest BCUT2D eigenvalue weighted by atomic mass is 9.82. The Hall–Kier alpha value is -6.01. The summed E-state index contributed by atoms with van der Waals surface area (Å²) in [5.74, 6) is 0. The average Bonchev–Trinajstić information content (AvgIpc) is 3.03. The lowest BCUT2D eigenvalue weighted by Crippen LogP contribution is -2.22. The molecule has 42 heavy (non-hydrogen) atoms. The van der Waals surface area contributed by atoms with Crippen molar-refractivity contribution in [2.75, 3.05) is 5.73 Å². The van der Waals surface area contributed by atoms with Crippen LogP contribution in [0.4, 0.5) is 5.69 Å². The molecule has 0 aliphatic heterocycles. The van der Waals surface area contributed by atoms with Crippen LogP contribution in [0.15, 0.2) is 89.3 Å². The van der Waals surface area contributed by atoms with E-state index >= 15 is 0 Å². The number of rotatable bonds is 3. The second-order valence-corrected chi connectivity index (χ2v) is 9.83. The number of hydrogen-bond acceptors (Lipinski definition) is 8. The first-order chi connectivity index (χ1) is 20.5. The van der Waals surface area contributed by atoms with Gasteiger partial charge >= 0.3 is 0 Å². The van der Waals surface area contributed by atoms with E-state index in [1.165, 1.54) is 6.07 Å². The Kier molecular flexibility index (Phi) is 6.57. The summed E-state index contributed by atoms with van der Waals surface area (Å²) in [7, 11) is 0. The van der Waals surface area contributed by atoms with Gasteiger partial charge < -0.3 is 5.73 Å². The monoisotopic (exact) mass is 557 g/mol. The number of allylic oxidation sites excluding steroid dienone is 1. The van der Waals surface area contributed by atoms with E-state index in [2.05, 4.69) is 29.4 Å². The molecule has 0 radical (unpaired) electrons. The van der Waals surface area contributed by atoms with Crippen LogP contribution in [0.3, 0.4) is 0 Å². The van der Waals surface area contributed by atoms with Crippen molar-refractivity contribution < 1.29 is 0 Å². The maximum absolute atomic E-state index is 9.83. The Morgan fingerprint density at radius 1 is 0.762 bits per heavy atom. The minimum absolute atomic E-state index is 0.201. The van der Waals surface area contributed by atoms with Gasteiger partial charge in [-0.05, 0) is 60.3 Å². The van der Waals surface area contributed by atoms with Crippen LogP contribution in [0.1, 0.15) is 33.4 Å². The van der Waals surface area contributed by atoms with Crippen LogP contribution < -0.4 is 5.73 Å². The van der Waals surface area contributed by atoms with Gasteiger partial charge in [-0.2, -0.15) is 15.8 Å². The van der Waals surface area contributed by atoms with E-state index in [1.54, 1.807) is 18.2 Å². The van der Waals surface area contributed by atoms with Crippen molar-refractivity contribution in [3.8, 4) is 40.6 Å². The number of pyridine rings is 1. The van der Waals surface area contributed by atoms with Gasteiger partial charge in [0.25, 0.3) is 0 Å². The summed E-state index contributed by atoms with van der Waals surface area (Å²) in [6.45, 7) is 0. The van der Waals surface area contributed by atoms with Crippen LogP contribution in [-0.2, 0) is 0 Å². The molecule has 0 fully saturated rings. The van der Waals surface area contributed by atoms with E-state index < -0.39 is 0 Å². The van der Waals surface area contributed by atoms with Gasteiger partial charge in [0, 0.05) is 38.9 Å². The molecule has 0 saturated heterocycles. The molecule has 4 aromatic carbocycles. The number of nitrogens with one attached hydrogen (secondary N) is 1. The number of fused-ring (bicyclic) bond motifs is 3. The van der Waals surface area contributed by atoms with Gasteiger partial charge in [0.05, 0.1) is 51.8 Å². The molecule has 1 aliphatic carbocycles. The van der Waals surface area contributed by atoms with Crippen LogP contribution in [0.5, 0.6) is 0 Å². The van der Waals surface area contributed by atoms with E-state index in [0.717, 1.165) is 27.6 Å². The Bertz CT molecular complexity index is 2140. The van der Waals surface area contributed by atoms with Gasteiger partial charge in [0.2, 0.25) is 0 Å².